The zero-order chi connectivity index (χ0) is 18.1. The quantitative estimate of drug-likeness (QED) is 0.721. The summed E-state index contributed by atoms with van der Waals surface area (Å²) >= 11 is 0. The number of nitrogens with one attached hydrogen (secondary N) is 1. The van der Waals surface area contributed by atoms with Gasteiger partial charge >= 0.3 is 0 Å². The van der Waals surface area contributed by atoms with E-state index < -0.39 is 10.0 Å². The highest BCUT2D eigenvalue weighted by atomic mass is 32.2. The summed E-state index contributed by atoms with van der Waals surface area (Å²) in [6.45, 7) is 6.43. The molecule has 0 fully saturated rings. The van der Waals surface area contributed by atoms with Crippen molar-refractivity contribution in [3.8, 4) is 0 Å². The Kier molecular flexibility index (Phi) is 4.52. The molecule has 0 radical (unpaired) electrons. The predicted molar refractivity (Wildman–Crippen MR) is 102 cm³/mol. The lowest BCUT2D eigenvalue weighted by Gasteiger charge is -2.23. The summed E-state index contributed by atoms with van der Waals surface area (Å²) in [7, 11) is -3.65. The van der Waals surface area contributed by atoms with Crippen LogP contribution in [0.5, 0.6) is 0 Å². The molecule has 130 valence electrons. The molecule has 3 rings (SSSR count). The Bertz CT molecular complexity index is 988. The number of hydrogen-bond donors (Lipinski definition) is 1. The maximum atomic E-state index is 12.7. The molecule has 0 aliphatic rings. The lowest BCUT2D eigenvalue weighted by atomic mass is 9.82. The molecule has 3 aromatic rings. The first-order valence-corrected chi connectivity index (χ1v) is 9.79. The first-order valence-electron chi connectivity index (χ1n) is 8.30. The number of anilines is 1. The van der Waals surface area contributed by atoms with Crippen LogP contribution in [0.4, 0.5) is 5.69 Å². The van der Waals surface area contributed by atoms with Crippen molar-refractivity contribution in [2.24, 2.45) is 0 Å². The van der Waals surface area contributed by atoms with Crippen LogP contribution < -0.4 is 4.72 Å². The number of aromatic nitrogens is 1. The van der Waals surface area contributed by atoms with Gasteiger partial charge in [0.15, 0.2) is 0 Å². The van der Waals surface area contributed by atoms with Gasteiger partial charge in [-0.15, -0.1) is 0 Å². The zero-order valence-electron chi connectivity index (χ0n) is 14.7. The second kappa shape index (κ2) is 6.48. The number of hydrogen-bond acceptors (Lipinski definition) is 3. The van der Waals surface area contributed by atoms with Crippen LogP contribution in [0.1, 0.15) is 32.8 Å². The summed E-state index contributed by atoms with van der Waals surface area (Å²) in [5.74, 6) is 0. The van der Waals surface area contributed by atoms with E-state index in [1.165, 1.54) is 0 Å². The highest BCUT2D eigenvalue weighted by Gasteiger charge is 2.20. The molecule has 0 unspecified atom stereocenters. The zero-order valence-corrected chi connectivity index (χ0v) is 15.5. The molecule has 0 atom stereocenters. The van der Waals surface area contributed by atoms with E-state index in [4.69, 9.17) is 0 Å². The third kappa shape index (κ3) is 3.51. The van der Waals surface area contributed by atoms with Crippen molar-refractivity contribution in [3.05, 3.63) is 66.4 Å². The summed E-state index contributed by atoms with van der Waals surface area (Å²) < 4.78 is 28.2. The summed E-state index contributed by atoms with van der Waals surface area (Å²) in [6.07, 6.45) is 2.68. The van der Waals surface area contributed by atoms with Gasteiger partial charge in [-0.2, -0.15) is 0 Å². The van der Waals surface area contributed by atoms with Crippen molar-refractivity contribution in [3.63, 3.8) is 0 Å². The fourth-order valence-electron chi connectivity index (χ4n) is 2.69. The molecular formula is C20H22N2O2S. The Morgan fingerprint density at radius 2 is 1.72 bits per heavy atom. The van der Waals surface area contributed by atoms with Crippen LogP contribution >= 0.6 is 0 Å². The molecular weight excluding hydrogens is 332 g/mol. The average Bonchev–Trinajstić information content (AvgIpc) is 2.62. The normalized spacial score (nSPS) is 12.3. The van der Waals surface area contributed by atoms with Crippen LogP contribution in [-0.2, 0) is 15.4 Å². The van der Waals surface area contributed by atoms with Gasteiger partial charge in [-0.1, -0.05) is 39.0 Å². The molecule has 2 aromatic carbocycles. The third-order valence-corrected chi connectivity index (χ3v) is 6.10. The van der Waals surface area contributed by atoms with E-state index in [0.717, 1.165) is 22.9 Å². The van der Waals surface area contributed by atoms with Crippen LogP contribution in [-0.4, -0.2) is 13.4 Å². The van der Waals surface area contributed by atoms with E-state index in [1.807, 2.05) is 24.3 Å². The minimum atomic E-state index is -3.65. The number of rotatable bonds is 5. The molecule has 0 spiro atoms. The summed E-state index contributed by atoms with van der Waals surface area (Å²) in [4.78, 5) is 4.51. The van der Waals surface area contributed by atoms with Crippen molar-refractivity contribution in [2.45, 2.75) is 37.5 Å². The third-order valence-electron chi connectivity index (χ3n) is 4.72. The summed E-state index contributed by atoms with van der Waals surface area (Å²) in [6, 6.07) is 16.2. The van der Waals surface area contributed by atoms with Crippen molar-refractivity contribution in [2.75, 3.05) is 4.72 Å². The molecule has 0 aliphatic heterocycles. The maximum absolute atomic E-state index is 12.7. The van der Waals surface area contributed by atoms with Crippen LogP contribution in [0.15, 0.2) is 65.7 Å². The second-order valence-electron chi connectivity index (χ2n) is 6.74. The number of sulfonamides is 1. The lowest BCUT2D eigenvalue weighted by Crippen LogP contribution is -2.17. The minimum absolute atomic E-state index is 0.0248. The molecule has 1 aromatic heterocycles. The number of benzene rings is 2. The first kappa shape index (κ1) is 17.4. The van der Waals surface area contributed by atoms with E-state index in [1.54, 1.807) is 36.5 Å². The smallest absolute Gasteiger partial charge is 0.261 e. The summed E-state index contributed by atoms with van der Waals surface area (Å²) in [5.41, 5.74) is 2.44. The van der Waals surface area contributed by atoms with Gasteiger partial charge in [-0.05, 0) is 53.8 Å². The van der Waals surface area contributed by atoms with Crippen molar-refractivity contribution in [1.82, 2.24) is 4.98 Å². The number of nitrogens with zero attached hydrogens (tertiary/aromatic N) is 1. The number of pyridine rings is 1. The summed E-state index contributed by atoms with van der Waals surface area (Å²) in [5, 5.41) is 0.775. The highest BCUT2D eigenvalue weighted by molar-refractivity contribution is 7.92. The predicted octanol–water partition coefficient (Wildman–Crippen LogP) is 4.72. The van der Waals surface area contributed by atoms with Crippen LogP contribution in [0.3, 0.4) is 0 Å². The molecule has 0 saturated carbocycles. The first-order chi connectivity index (χ1) is 11.8. The molecule has 25 heavy (non-hydrogen) atoms. The number of fused-ring (bicyclic) bond motifs is 1. The molecule has 0 amide bonds. The van der Waals surface area contributed by atoms with Crippen LogP contribution in [0.25, 0.3) is 10.9 Å². The lowest BCUT2D eigenvalue weighted by molar-refractivity contribution is 0.506. The van der Waals surface area contributed by atoms with Gasteiger partial charge in [-0.25, -0.2) is 8.42 Å². The Balaban J connectivity index is 1.94. The standard InChI is InChI=1S/C20H22N2O2S/c1-4-20(2,3)15-10-12-16(13-11-15)25(23,24)22-19-9-5-8-18-17(19)7-6-14-21-18/h5-14,22H,4H2,1-3H3. The molecule has 0 aliphatic carbocycles. The highest BCUT2D eigenvalue weighted by Crippen LogP contribution is 2.28. The Morgan fingerprint density at radius 1 is 1.00 bits per heavy atom. The van der Waals surface area contributed by atoms with Gasteiger partial charge in [0.1, 0.15) is 0 Å². The van der Waals surface area contributed by atoms with Crippen LogP contribution in [0, 0.1) is 0 Å². The Hall–Kier alpha value is -2.40. The van der Waals surface area contributed by atoms with Gasteiger partial charge in [0.25, 0.3) is 10.0 Å². The van der Waals surface area contributed by atoms with E-state index >= 15 is 0 Å². The van der Waals surface area contributed by atoms with Gasteiger partial charge < -0.3 is 0 Å². The molecule has 0 bridgehead atoms. The van der Waals surface area contributed by atoms with E-state index in [-0.39, 0.29) is 10.3 Å². The van der Waals surface area contributed by atoms with Gasteiger partial charge in [0.2, 0.25) is 0 Å². The van der Waals surface area contributed by atoms with E-state index in [9.17, 15) is 8.42 Å². The second-order valence-corrected chi connectivity index (χ2v) is 8.43. The molecule has 0 saturated heterocycles. The monoisotopic (exact) mass is 354 g/mol. The molecule has 4 nitrogen and oxygen atoms in total. The fraction of sp³-hybridized carbons (Fsp3) is 0.250. The SMILES string of the molecule is CCC(C)(C)c1ccc(S(=O)(=O)Nc2cccc3ncccc23)cc1. The average molecular weight is 354 g/mol. The van der Waals surface area contributed by atoms with Crippen molar-refractivity contribution >= 4 is 26.6 Å². The molecule has 5 heteroatoms. The van der Waals surface area contributed by atoms with Crippen LogP contribution in [0.2, 0.25) is 0 Å². The van der Waals surface area contributed by atoms with Crippen molar-refractivity contribution in [1.29, 1.82) is 0 Å². The van der Waals surface area contributed by atoms with Gasteiger partial charge in [-0.3, -0.25) is 9.71 Å². The molecule has 1 heterocycles. The fourth-order valence-corrected chi connectivity index (χ4v) is 3.77. The Labute approximate surface area is 149 Å². The molecule has 1 N–H and O–H groups in total. The Morgan fingerprint density at radius 3 is 2.40 bits per heavy atom. The largest absolute Gasteiger partial charge is 0.279 e. The van der Waals surface area contributed by atoms with Gasteiger partial charge in [0.05, 0.1) is 16.1 Å². The van der Waals surface area contributed by atoms with Gasteiger partial charge in [0, 0.05) is 11.6 Å². The topological polar surface area (TPSA) is 59.1 Å². The van der Waals surface area contributed by atoms with Crippen molar-refractivity contribution < 1.29 is 8.42 Å². The maximum Gasteiger partial charge on any atom is 0.261 e. The van der Waals surface area contributed by atoms with E-state index in [0.29, 0.717) is 5.69 Å². The minimum Gasteiger partial charge on any atom is -0.279 e. The van der Waals surface area contributed by atoms with E-state index in [2.05, 4.69) is 30.5 Å².